The molecule has 0 saturated heterocycles. The van der Waals surface area contributed by atoms with E-state index in [1.54, 1.807) is 10.8 Å². The van der Waals surface area contributed by atoms with Gasteiger partial charge in [0, 0.05) is 11.4 Å². The maximum absolute atomic E-state index is 9.38. The molecular weight excluding hydrogens is 226 g/mol. The van der Waals surface area contributed by atoms with Crippen LogP contribution in [0.4, 0.5) is 0 Å². The van der Waals surface area contributed by atoms with Crippen molar-refractivity contribution in [1.29, 1.82) is 0 Å². The Hall–Kier alpha value is -0.190. The first-order valence-corrected chi connectivity index (χ1v) is 7.48. The van der Waals surface area contributed by atoms with Gasteiger partial charge in [0.1, 0.15) is 5.03 Å². The van der Waals surface area contributed by atoms with Crippen molar-refractivity contribution in [2.45, 2.75) is 42.1 Å². The zero-order valence-corrected chi connectivity index (χ0v) is 10.1. The molecule has 1 aromatic rings. The lowest BCUT2D eigenvalue weighted by atomic mass is 9.98. The summed E-state index contributed by atoms with van der Waals surface area (Å²) in [5.41, 5.74) is 0. The van der Waals surface area contributed by atoms with Crippen molar-refractivity contribution in [3.8, 4) is 0 Å². The molecule has 4 heteroatoms. The Labute approximate surface area is 98.3 Å². The molecule has 82 valence electrons. The number of nitrogens with zero attached hydrogens (tertiary/aromatic N) is 1. The smallest absolute Gasteiger partial charge is 0.106 e. The largest absolute Gasteiger partial charge is 0.393 e. The van der Waals surface area contributed by atoms with Gasteiger partial charge in [0.2, 0.25) is 0 Å². The van der Waals surface area contributed by atoms with Crippen LogP contribution in [0.15, 0.2) is 29.4 Å². The molecule has 1 heterocycles. The predicted molar refractivity (Wildman–Crippen MR) is 65.9 cm³/mol. The van der Waals surface area contributed by atoms with Crippen LogP contribution in [0.3, 0.4) is 0 Å². The highest BCUT2D eigenvalue weighted by atomic mass is 33.1. The fraction of sp³-hybridized carbons (Fsp3) is 0.545. The maximum atomic E-state index is 9.38. The van der Waals surface area contributed by atoms with E-state index in [-0.39, 0.29) is 6.10 Å². The summed E-state index contributed by atoms with van der Waals surface area (Å²) >= 11 is 0. The van der Waals surface area contributed by atoms with Crippen LogP contribution in [0, 0.1) is 0 Å². The first kappa shape index (κ1) is 11.3. The molecule has 0 unspecified atom stereocenters. The lowest BCUT2D eigenvalue weighted by molar-refractivity contribution is 0.132. The van der Waals surface area contributed by atoms with E-state index in [2.05, 4.69) is 4.98 Å². The van der Waals surface area contributed by atoms with Crippen molar-refractivity contribution < 1.29 is 5.11 Å². The zero-order valence-electron chi connectivity index (χ0n) is 8.50. The predicted octanol–water partition coefficient (Wildman–Crippen LogP) is 3.13. The van der Waals surface area contributed by atoms with E-state index in [0.717, 1.165) is 30.7 Å². The average Bonchev–Trinajstić information content (AvgIpc) is 2.30. The van der Waals surface area contributed by atoms with Gasteiger partial charge in [0.25, 0.3) is 0 Å². The zero-order chi connectivity index (χ0) is 10.5. The Balaban J connectivity index is 1.74. The lowest BCUT2D eigenvalue weighted by Gasteiger charge is -2.23. The standard InChI is InChI=1S/C11H15NOS2/c13-9-4-6-10(7-5-9)14-15-11-3-1-2-8-12-11/h1-3,8-10,13H,4-7H2. The number of aliphatic hydroxyl groups excluding tert-OH is 1. The van der Waals surface area contributed by atoms with Gasteiger partial charge in [-0.1, -0.05) is 16.9 Å². The quantitative estimate of drug-likeness (QED) is 0.824. The first-order chi connectivity index (χ1) is 7.34. The van der Waals surface area contributed by atoms with Gasteiger partial charge >= 0.3 is 0 Å². The van der Waals surface area contributed by atoms with E-state index in [0.29, 0.717) is 5.25 Å². The molecule has 2 rings (SSSR count). The SMILES string of the molecule is OC1CCC(SSc2ccccn2)CC1. The normalized spacial score (nSPS) is 26.5. The summed E-state index contributed by atoms with van der Waals surface area (Å²) in [6, 6.07) is 5.99. The fourth-order valence-electron chi connectivity index (χ4n) is 1.66. The molecule has 0 aliphatic heterocycles. The van der Waals surface area contributed by atoms with Crippen LogP contribution >= 0.6 is 21.6 Å². The van der Waals surface area contributed by atoms with Crippen molar-refractivity contribution in [2.75, 3.05) is 0 Å². The molecule has 1 saturated carbocycles. The highest BCUT2D eigenvalue weighted by molar-refractivity contribution is 8.76. The molecule has 1 aromatic heterocycles. The van der Waals surface area contributed by atoms with Gasteiger partial charge in [-0.05, 0) is 48.6 Å². The number of hydrogen-bond acceptors (Lipinski definition) is 4. The second-order valence-corrected chi connectivity index (χ2v) is 6.30. The first-order valence-electron chi connectivity index (χ1n) is 5.27. The van der Waals surface area contributed by atoms with E-state index in [1.807, 2.05) is 35.2 Å². The van der Waals surface area contributed by atoms with E-state index in [1.165, 1.54) is 0 Å². The van der Waals surface area contributed by atoms with Crippen molar-refractivity contribution in [3.05, 3.63) is 24.4 Å². The summed E-state index contributed by atoms with van der Waals surface area (Å²) in [4.78, 5) is 4.27. The fourth-order valence-corrected chi connectivity index (χ4v) is 4.17. The van der Waals surface area contributed by atoms with Gasteiger partial charge in [0.05, 0.1) is 6.10 Å². The lowest BCUT2D eigenvalue weighted by Crippen LogP contribution is -2.18. The molecule has 0 amide bonds. The van der Waals surface area contributed by atoms with Gasteiger partial charge < -0.3 is 5.11 Å². The third-order valence-corrected chi connectivity index (χ3v) is 5.42. The van der Waals surface area contributed by atoms with Crippen LogP contribution < -0.4 is 0 Å². The third kappa shape index (κ3) is 3.70. The number of rotatable bonds is 3. The maximum Gasteiger partial charge on any atom is 0.106 e. The number of pyridine rings is 1. The Morgan fingerprint density at radius 2 is 2.00 bits per heavy atom. The van der Waals surface area contributed by atoms with Crippen LogP contribution in [0.1, 0.15) is 25.7 Å². The van der Waals surface area contributed by atoms with Gasteiger partial charge in [-0.3, -0.25) is 0 Å². The minimum atomic E-state index is -0.0540. The summed E-state index contributed by atoms with van der Waals surface area (Å²) in [5.74, 6) is 0. The molecule has 1 fully saturated rings. The molecule has 0 radical (unpaired) electrons. The van der Waals surface area contributed by atoms with Crippen LogP contribution in [-0.2, 0) is 0 Å². The van der Waals surface area contributed by atoms with Crippen molar-refractivity contribution in [2.24, 2.45) is 0 Å². The molecule has 0 spiro atoms. The molecule has 15 heavy (non-hydrogen) atoms. The third-order valence-electron chi connectivity index (χ3n) is 2.55. The van der Waals surface area contributed by atoms with E-state index < -0.39 is 0 Å². The number of aliphatic hydroxyl groups is 1. The van der Waals surface area contributed by atoms with E-state index in [9.17, 15) is 5.11 Å². The molecule has 1 aliphatic carbocycles. The summed E-state index contributed by atoms with van der Waals surface area (Å²) in [6.07, 6.45) is 5.95. The Bertz CT molecular complexity index is 286. The van der Waals surface area contributed by atoms with Crippen LogP contribution in [0.25, 0.3) is 0 Å². The van der Waals surface area contributed by atoms with Crippen LogP contribution in [0.5, 0.6) is 0 Å². The van der Waals surface area contributed by atoms with E-state index in [4.69, 9.17) is 0 Å². The minimum absolute atomic E-state index is 0.0540. The second kappa shape index (κ2) is 5.77. The summed E-state index contributed by atoms with van der Waals surface area (Å²) in [6.45, 7) is 0. The van der Waals surface area contributed by atoms with Gasteiger partial charge in [0.15, 0.2) is 0 Å². The molecule has 0 aromatic carbocycles. The summed E-state index contributed by atoms with van der Waals surface area (Å²) < 4.78 is 0. The molecule has 2 nitrogen and oxygen atoms in total. The van der Waals surface area contributed by atoms with Crippen molar-refractivity contribution in [1.82, 2.24) is 4.98 Å². The second-order valence-electron chi connectivity index (χ2n) is 3.78. The Kier molecular flexibility index (Phi) is 4.35. The number of aromatic nitrogens is 1. The highest BCUT2D eigenvalue weighted by Crippen LogP contribution is 2.39. The molecule has 1 N–H and O–H groups in total. The topological polar surface area (TPSA) is 33.1 Å². The Morgan fingerprint density at radius 1 is 1.20 bits per heavy atom. The van der Waals surface area contributed by atoms with E-state index >= 15 is 0 Å². The van der Waals surface area contributed by atoms with Crippen molar-refractivity contribution >= 4 is 21.6 Å². The molecular formula is C11H15NOS2. The monoisotopic (exact) mass is 241 g/mol. The van der Waals surface area contributed by atoms with Gasteiger partial charge in [-0.25, -0.2) is 4.98 Å². The minimum Gasteiger partial charge on any atom is -0.393 e. The molecule has 1 aliphatic rings. The van der Waals surface area contributed by atoms with Gasteiger partial charge in [-0.2, -0.15) is 0 Å². The Morgan fingerprint density at radius 3 is 2.67 bits per heavy atom. The highest BCUT2D eigenvalue weighted by Gasteiger charge is 2.20. The van der Waals surface area contributed by atoms with Crippen LogP contribution in [-0.4, -0.2) is 21.4 Å². The molecule has 0 atom stereocenters. The average molecular weight is 241 g/mol. The molecule has 0 bridgehead atoms. The summed E-state index contributed by atoms with van der Waals surface area (Å²) in [5, 5.41) is 11.1. The van der Waals surface area contributed by atoms with Gasteiger partial charge in [-0.15, -0.1) is 0 Å². The van der Waals surface area contributed by atoms with Crippen molar-refractivity contribution in [3.63, 3.8) is 0 Å². The number of hydrogen-bond donors (Lipinski definition) is 1. The summed E-state index contributed by atoms with van der Waals surface area (Å²) in [7, 11) is 3.65. The van der Waals surface area contributed by atoms with Crippen LogP contribution in [0.2, 0.25) is 0 Å².